The third-order valence-corrected chi connectivity index (χ3v) is 4.09. The fourth-order valence-corrected chi connectivity index (χ4v) is 2.72. The number of nitrogens with zero attached hydrogens (tertiary/aromatic N) is 2. The predicted octanol–water partition coefficient (Wildman–Crippen LogP) is 4.98. The van der Waals surface area contributed by atoms with Crippen LogP contribution in [0.3, 0.4) is 0 Å². The molecule has 8 nitrogen and oxygen atoms in total. The highest BCUT2D eigenvalue weighted by Gasteiger charge is 2.07. The first kappa shape index (κ1) is 18.9. The summed E-state index contributed by atoms with van der Waals surface area (Å²) in [6.07, 6.45) is 0. The largest absolute Gasteiger partial charge is 0.332 e. The number of nitro groups is 2. The molecule has 0 aliphatic rings. The van der Waals surface area contributed by atoms with Crippen molar-refractivity contribution in [3.05, 3.63) is 93.0 Å². The molecule has 0 aliphatic carbocycles. The molecule has 0 aromatic heterocycles. The highest BCUT2D eigenvalue weighted by Crippen LogP contribution is 2.24. The van der Waals surface area contributed by atoms with Gasteiger partial charge in [-0.1, -0.05) is 12.1 Å². The average Bonchev–Trinajstić information content (AvgIpc) is 2.69. The van der Waals surface area contributed by atoms with E-state index in [1.165, 1.54) is 24.3 Å². The summed E-state index contributed by atoms with van der Waals surface area (Å²) in [6.45, 7) is 0. The Morgan fingerprint density at radius 2 is 0.964 bits per heavy atom. The highest BCUT2D eigenvalue weighted by molar-refractivity contribution is 7.80. The minimum atomic E-state index is -0.465. The van der Waals surface area contributed by atoms with Gasteiger partial charge in [0, 0.05) is 35.6 Å². The van der Waals surface area contributed by atoms with E-state index in [-0.39, 0.29) is 11.4 Å². The monoisotopic (exact) mass is 394 g/mol. The van der Waals surface area contributed by atoms with E-state index in [1.807, 2.05) is 24.3 Å². The zero-order valence-corrected chi connectivity index (χ0v) is 15.2. The maximum Gasteiger partial charge on any atom is 0.269 e. The number of hydrogen-bond acceptors (Lipinski definition) is 5. The van der Waals surface area contributed by atoms with Gasteiger partial charge in [-0.05, 0) is 59.7 Å². The van der Waals surface area contributed by atoms with Gasteiger partial charge in [0.15, 0.2) is 5.11 Å². The second-order valence-corrected chi connectivity index (χ2v) is 6.17. The molecule has 0 atom stereocenters. The molecule has 0 radical (unpaired) electrons. The minimum absolute atomic E-state index is 0.00580. The fraction of sp³-hybridized carbons (Fsp3) is 0. The standard InChI is InChI=1S/C19H14N4O4S/c24-22(25)17-9-3-14(4-10-17)13-1-5-15(6-2-13)20-19(28)21-16-7-11-18(12-8-16)23(26)27/h1-12H,(H2,20,21,28). The number of benzene rings is 3. The molecule has 0 bridgehead atoms. The molecule has 0 spiro atoms. The lowest BCUT2D eigenvalue weighted by molar-refractivity contribution is -0.385. The van der Waals surface area contributed by atoms with E-state index in [0.717, 1.165) is 16.8 Å². The molecule has 0 fully saturated rings. The lowest BCUT2D eigenvalue weighted by Gasteiger charge is -2.11. The minimum Gasteiger partial charge on any atom is -0.332 e. The quantitative estimate of drug-likeness (QED) is 0.357. The van der Waals surface area contributed by atoms with E-state index in [9.17, 15) is 20.2 Å². The molecular weight excluding hydrogens is 380 g/mol. The molecule has 0 amide bonds. The number of nitro benzene ring substituents is 2. The second kappa shape index (κ2) is 8.23. The Bertz CT molecular complexity index is 1020. The molecule has 28 heavy (non-hydrogen) atoms. The molecule has 0 saturated heterocycles. The number of anilines is 2. The van der Waals surface area contributed by atoms with Crippen LogP contribution in [-0.4, -0.2) is 15.0 Å². The van der Waals surface area contributed by atoms with Crippen LogP contribution in [0.15, 0.2) is 72.8 Å². The van der Waals surface area contributed by atoms with Crippen LogP contribution in [0.2, 0.25) is 0 Å². The Balaban J connectivity index is 1.62. The Kier molecular flexibility index (Phi) is 5.56. The summed E-state index contributed by atoms with van der Waals surface area (Å²) in [5.41, 5.74) is 3.21. The third kappa shape index (κ3) is 4.65. The lowest BCUT2D eigenvalue weighted by atomic mass is 10.1. The molecule has 0 aliphatic heterocycles. The zero-order valence-electron chi connectivity index (χ0n) is 14.4. The van der Waals surface area contributed by atoms with Crippen LogP contribution in [0.5, 0.6) is 0 Å². The molecule has 3 rings (SSSR count). The third-order valence-electron chi connectivity index (χ3n) is 3.89. The molecule has 3 aromatic rings. The maximum absolute atomic E-state index is 10.7. The number of nitrogens with one attached hydrogen (secondary N) is 2. The first-order valence-corrected chi connectivity index (χ1v) is 8.50. The van der Waals surface area contributed by atoms with Crippen LogP contribution in [0.1, 0.15) is 0 Å². The summed E-state index contributed by atoms with van der Waals surface area (Å²) in [5.74, 6) is 0. The Morgan fingerprint density at radius 1 is 0.643 bits per heavy atom. The van der Waals surface area contributed by atoms with Gasteiger partial charge in [0.05, 0.1) is 9.85 Å². The predicted molar refractivity (Wildman–Crippen MR) is 111 cm³/mol. The number of non-ortho nitro benzene ring substituents is 2. The van der Waals surface area contributed by atoms with Gasteiger partial charge in [0.2, 0.25) is 0 Å². The van der Waals surface area contributed by atoms with Crippen LogP contribution >= 0.6 is 12.2 Å². The average molecular weight is 394 g/mol. The van der Waals surface area contributed by atoms with E-state index in [0.29, 0.717) is 10.8 Å². The van der Waals surface area contributed by atoms with Crippen molar-refractivity contribution in [1.82, 2.24) is 0 Å². The Morgan fingerprint density at radius 3 is 1.36 bits per heavy atom. The molecule has 0 unspecified atom stereocenters. The van der Waals surface area contributed by atoms with E-state index >= 15 is 0 Å². The van der Waals surface area contributed by atoms with Gasteiger partial charge in [-0.3, -0.25) is 20.2 Å². The maximum atomic E-state index is 10.7. The number of thiocarbonyl (C=S) groups is 1. The number of rotatable bonds is 5. The molecule has 0 heterocycles. The van der Waals surface area contributed by atoms with Gasteiger partial charge in [0.25, 0.3) is 11.4 Å². The first-order chi connectivity index (χ1) is 13.4. The van der Waals surface area contributed by atoms with Crippen LogP contribution in [0.25, 0.3) is 11.1 Å². The molecule has 2 N–H and O–H groups in total. The molecule has 140 valence electrons. The first-order valence-electron chi connectivity index (χ1n) is 8.10. The normalized spacial score (nSPS) is 10.1. The SMILES string of the molecule is O=[N+]([O-])c1ccc(NC(=S)Nc2ccc(-c3ccc([N+](=O)[O-])cc3)cc2)cc1. The van der Waals surface area contributed by atoms with Crippen molar-refractivity contribution in [2.24, 2.45) is 0 Å². The molecule has 0 saturated carbocycles. The van der Waals surface area contributed by atoms with Crippen molar-refractivity contribution in [2.75, 3.05) is 10.6 Å². The smallest absolute Gasteiger partial charge is 0.269 e. The molecule has 9 heteroatoms. The summed E-state index contributed by atoms with van der Waals surface area (Å²) in [4.78, 5) is 20.5. The topological polar surface area (TPSA) is 110 Å². The van der Waals surface area contributed by atoms with E-state index in [1.54, 1.807) is 24.3 Å². The van der Waals surface area contributed by atoms with Crippen LogP contribution in [0.4, 0.5) is 22.7 Å². The van der Waals surface area contributed by atoms with Crippen LogP contribution in [0, 0.1) is 20.2 Å². The van der Waals surface area contributed by atoms with E-state index in [4.69, 9.17) is 12.2 Å². The fourth-order valence-electron chi connectivity index (χ4n) is 2.48. The van der Waals surface area contributed by atoms with Crippen molar-refractivity contribution >= 4 is 40.1 Å². The zero-order chi connectivity index (χ0) is 20.1. The summed E-state index contributed by atoms with van der Waals surface area (Å²) in [6, 6.07) is 19.7. The van der Waals surface area contributed by atoms with Crippen LogP contribution in [-0.2, 0) is 0 Å². The Labute approximate surface area is 165 Å². The van der Waals surface area contributed by atoms with Gasteiger partial charge in [0.1, 0.15) is 0 Å². The van der Waals surface area contributed by atoms with Gasteiger partial charge in [-0.15, -0.1) is 0 Å². The van der Waals surface area contributed by atoms with Gasteiger partial charge < -0.3 is 10.6 Å². The second-order valence-electron chi connectivity index (χ2n) is 5.76. The van der Waals surface area contributed by atoms with Gasteiger partial charge in [-0.2, -0.15) is 0 Å². The summed E-state index contributed by atoms with van der Waals surface area (Å²) < 4.78 is 0. The number of hydrogen-bond donors (Lipinski definition) is 2. The van der Waals surface area contributed by atoms with E-state index < -0.39 is 9.85 Å². The highest BCUT2D eigenvalue weighted by atomic mass is 32.1. The van der Waals surface area contributed by atoms with E-state index in [2.05, 4.69) is 10.6 Å². The Hall–Kier alpha value is -3.85. The van der Waals surface area contributed by atoms with Crippen molar-refractivity contribution in [3.8, 4) is 11.1 Å². The van der Waals surface area contributed by atoms with Crippen LogP contribution < -0.4 is 10.6 Å². The molecular formula is C19H14N4O4S. The van der Waals surface area contributed by atoms with Crippen molar-refractivity contribution in [3.63, 3.8) is 0 Å². The van der Waals surface area contributed by atoms with Gasteiger partial charge >= 0.3 is 0 Å². The van der Waals surface area contributed by atoms with Crippen molar-refractivity contribution < 1.29 is 9.85 Å². The summed E-state index contributed by atoms with van der Waals surface area (Å²) in [7, 11) is 0. The van der Waals surface area contributed by atoms with Crippen molar-refractivity contribution in [1.29, 1.82) is 0 Å². The van der Waals surface area contributed by atoms with Gasteiger partial charge in [-0.25, -0.2) is 0 Å². The summed E-state index contributed by atoms with van der Waals surface area (Å²) in [5, 5.41) is 27.7. The lowest BCUT2D eigenvalue weighted by Crippen LogP contribution is -2.18. The summed E-state index contributed by atoms with van der Waals surface area (Å²) >= 11 is 5.25. The molecule has 3 aromatic carbocycles. The van der Waals surface area contributed by atoms with Crippen molar-refractivity contribution in [2.45, 2.75) is 0 Å².